The molecule has 0 amide bonds. The fraction of sp³-hybridized carbons (Fsp3) is 0.0909. The van der Waals surface area contributed by atoms with Gasteiger partial charge in [-0.25, -0.2) is 24.1 Å². The van der Waals surface area contributed by atoms with Crippen molar-refractivity contribution in [1.29, 1.82) is 0 Å². The third kappa shape index (κ3) is 2.76. The zero-order valence-electron chi connectivity index (χ0n) is 9.08. The molecule has 0 saturated carbocycles. The predicted octanol–water partition coefficient (Wildman–Crippen LogP) is 1.29. The van der Waals surface area contributed by atoms with Crippen molar-refractivity contribution in [3.05, 3.63) is 47.9 Å². The minimum atomic E-state index is -1.31. The maximum Gasteiger partial charge on any atom is 0.341 e. The average Bonchev–Trinajstić information content (AvgIpc) is 2.38. The standard InChI is InChI=1S/C11H8FN3O3/c12-7-4-8(11(16)17)10(15-5-7)18-6-9-13-2-1-3-14-9/h1-5H,6H2,(H,16,17). The van der Waals surface area contributed by atoms with Crippen LogP contribution in [-0.4, -0.2) is 26.0 Å². The molecule has 0 bridgehead atoms. The van der Waals surface area contributed by atoms with Crippen LogP contribution in [0.3, 0.4) is 0 Å². The minimum Gasteiger partial charge on any atom is -0.477 e. The van der Waals surface area contributed by atoms with Gasteiger partial charge in [0.15, 0.2) is 5.82 Å². The summed E-state index contributed by atoms with van der Waals surface area (Å²) in [5, 5.41) is 8.87. The molecule has 2 rings (SSSR count). The Morgan fingerprint density at radius 1 is 1.33 bits per heavy atom. The number of carboxylic acids is 1. The maximum absolute atomic E-state index is 12.9. The number of carboxylic acid groups (broad SMARTS) is 1. The predicted molar refractivity (Wildman–Crippen MR) is 57.5 cm³/mol. The van der Waals surface area contributed by atoms with E-state index in [1.54, 1.807) is 6.07 Å². The minimum absolute atomic E-state index is 0.0419. The fourth-order valence-electron chi connectivity index (χ4n) is 1.23. The highest BCUT2D eigenvalue weighted by Crippen LogP contribution is 2.16. The molecule has 0 aliphatic carbocycles. The average molecular weight is 249 g/mol. The lowest BCUT2D eigenvalue weighted by Gasteiger charge is -2.06. The molecule has 0 spiro atoms. The zero-order valence-corrected chi connectivity index (χ0v) is 9.08. The SMILES string of the molecule is O=C(O)c1cc(F)cnc1OCc1ncccn1. The van der Waals surface area contributed by atoms with Crippen LogP contribution in [0.25, 0.3) is 0 Å². The van der Waals surface area contributed by atoms with E-state index in [-0.39, 0.29) is 18.1 Å². The number of pyridine rings is 1. The molecule has 0 radical (unpaired) electrons. The second-order valence-corrected chi connectivity index (χ2v) is 3.27. The molecule has 0 aliphatic heterocycles. The summed E-state index contributed by atoms with van der Waals surface area (Å²) in [5.41, 5.74) is -0.342. The second-order valence-electron chi connectivity index (χ2n) is 3.27. The summed E-state index contributed by atoms with van der Waals surface area (Å²) in [6.45, 7) is -0.0419. The van der Waals surface area contributed by atoms with Crippen LogP contribution in [0.15, 0.2) is 30.7 Å². The van der Waals surface area contributed by atoms with E-state index in [4.69, 9.17) is 9.84 Å². The first kappa shape index (κ1) is 11.9. The number of aromatic carboxylic acids is 1. The molecular formula is C11H8FN3O3. The van der Waals surface area contributed by atoms with E-state index in [0.717, 1.165) is 12.3 Å². The van der Waals surface area contributed by atoms with Crippen molar-refractivity contribution in [3.63, 3.8) is 0 Å². The smallest absolute Gasteiger partial charge is 0.341 e. The van der Waals surface area contributed by atoms with E-state index in [9.17, 15) is 9.18 Å². The van der Waals surface area contributed by atoms with E-state index in [2.05, 4.69) is 15.0 Å². The Morgan fingerprint density at radius 3 is 2.72 bits per heavy atom. The van der Waals surface area contributed by atoms with Crippen LogP contribution in [0.1, 0.15) is 16.2 Å². The summed E-state index contributed by atoms with van der Waals surface area (Å²) < 4.78 is 18.0. The van der Waals surface area contributed by atoms with Crippen LogP contribution in [-0.2, 0) is 6.61 Å². The van der Waals surface area contributed by atoms with Gasteiger partial charge in [0.25, 0.3) is 0 Å². The van der Waals surface area contributed by atoms with Gasteiger partial charge in [-0.3, -0.25) is 0 Å². The van der Waals surface area contributed by atoms with Gasteiger partial charge in [-0.1, -0.05) is 0 Å². The largest absolute Gasteiger partial charge is 0.477 e. The molecule has 92 valence electrons. The molecule has 6 nitrogen and oxygen atoms in total. The summed E-state index contributed by atoms with van der Waals surface area (Å²) in [6.07, 6.45) is 3.94. The molecule has 0 fully saturated rings. The van der Waals surface area contributed by atoms with Gasteiger partial charge >= 0.3 is 5.97 Å². The van der Waals surface area contributed by atoms with Crippen molar-refractivity contribution in [2.24, 2.45) is 0 Å². The topological polar surface area (TPSA) is 85.2 Å². The molecule has 18 heavy (non-hydrogen) atoms. The van der Waals surface area contributed by atoms with Crippen LogP contribution in [0, 0.1) is 5.82 Å². The van der Waals surface area contributed by atoms with E-state index < -0.39 is 11.8 Å². The molecular weight excluding hydrogens is 241 g/mol. The van der Waals surface area contributed by atoms with Crippen molar-refractivity contribution in [2.75, 3.05) is 0 Å². The number of ether oxygens (including phenoxy) is 1. The van der Waals surface area contributed by atoms with Crippen molar-refractivity contribution >= 4 is 5.97 Å². The number of halogens is 1. The van der Waals surface area contributed by atoms with Crippen molar-refractivity contribution in [2.45, 2.75) is 6.61 Å². The van der Waals surface area contributed by atoms with E-state index in [1.807, 2.05) is 0 Å². The van der Waals surface area contributed by atoms with Gasteiger partial charge in [0.2, 0.25) is 5.88 Å². The van der Waals surface area contributed by atoms with Crippen LogP contribution in [0.2, 0.25) is 0 Å². The normalized spacial score (nSPS) is 10.1. The Labute approximate surface area is 101 Å². The third-order valence-corrected chi connectivity index (χ3v) is 2.01. The van der Waals surface area contributed by atoms with Crippen LogP contribution in [0.4, 0.5) is 4.39 Å². The highest BCUT2D eigenvalue weighted by Gasteiger charge is 2.14. The summed E-state index contributed by atoms with van der Waals surface area (Å²) in [4.78, 5) is 22.2. The Kier molecular flexibility index (Phi) is 3.42. The first-order valence-corrected chi connectivity index (χ1v) is 4.94. The third-order valence-electron chi connectivity index (χ3n) is 2.01. The molecule has 0 unspecified atom stereocenters. The van der Waals surface area contributed by atoms with Crippen molar-refractivity contribution in [1.82, 2.24) is 15.0 Å². The van der Waals surface area contributed by atoms with Gasteiger partial charge in [-0.15, -0.1) is 0 Å². The Bertz CT molecular complexity index is 563. The second kappa shape index (κ2) is 5.17. The highest BCUT2D eigenvalue weighted by atomic mass is 19.1. The zero-order chi connectivity index (χ0) is 13.0. The summed E-state index contributed by atoms with van der Waals surface area (Å²) in [7, 11) is 0. The number of hydrogen-bond acceptors (Lipinski definition) is 5. The number of carbonyl (C=O) groups is 1. The lowest BCUT2D eigenvalue weighted by Crippen LogP contribution is -2.07. The lowest BCUT2D eigenvalue weighted by atomic mass is 10.3. The Hall–Kier alpha value is -2.57. The quantitative estimate of drug-likeness (QED) is 0.878. The van der Waals surface area contributed by atoms with Gasteiger partial charge in [-0.05, 0) is 12.1 Å². The van der Waals surface area contributed by atoms with E-state index >= 15 is 0 Å². The fourth-order valence-corrected chi connectivity index (χ4v) is 1.23. The lowest BCUT2D eigenvalue weighted by molar-refractivity contribution is 0.0689. The molecule has 1 N–H and O–H groups in total. The summed E-state index contributed by atoms with van der Waals surface area (Å²) in [5.74, 6) is -1.85. The van der Waals surface area contributed by atoms with Crippen LogP contribution >= 0.6 is 0 Å². The van der Waals surface area contributed by atoms with Gasteiger partial charge in [0, 0.05) is 12.4 Å². The Balaban J connectivity index is 2.17. The number of rotatable bonds is 4. The number of hydrogen-bond donors (Lipinski definition) is 1. The van der Waals surface area contributed by atoms with Gasteiger partial charge in [0.1, 0.15) is 18.0 Å². The molecule has 0 saturated heterocycles. The molecule has 0 aliphatic rings. The van der Waals surface area contributed by atoms with Crippen LogP contribution in [0.5, 0.6) is 5.88 Å². The van der Waals surface area contributed by atoms with Gasteiger partial charge < -0.3 is 9.84 Å². The van der Waals surface area contributed by atoms with Crippen molar-refractivity contribution < 1.29 is 19.0 Å². The van der Waals surface area contributed by atoms with Crippen molar-refractivity contribution in [3.8, 4) is 5.88 Å². The highest BCUT2D eigenvalue weighted by molar-refractivity contribution is 5.90. The molecule has 0 atom stereocenters. The van der Waals surface area contributed by atoms with E-state index in [0.29, 0.717) is 5.82 Å². The molecule has 2 heterocycles. The Morgan fingerprint density at radius 2 is 2.06 bits per heavy atom. The summed E-state index contributed by atoms with van der Waals surface area (Å²) >= 11 is 0. The number of aromatic nitrogens is 3. The van der Waals surface area contributed by atoms with Crippen LogP contribution < -0.4 is 4.74 Å². The molecule has 7 heteroatoms. The number of nitrogens with zero attached hydrogens (tertiary/aromatic N) is 3. The molecule has 0 aromatic carbocycles. The monoisotopic (exact) mass is 249 g/mol. The van der Waals surface area contributed by atoms with E-state index in [1.165, 1.54) is 12.4 Å². The molecule has 2 aromatic heterocycles. The summed E-state index contributed by atoms with van der Waals surface area (Å²) in [6, 6.07) is 2.48. The first-order valence-electron chi connectivity index (χ1n) is 4.94. The molecule has 2 aromatic rings. The first-order chi connectivity index (χ1) is 8.66. The van der Waals surface area contributed by atoms with Gasteiger partial charge in [-0.2, -0.15) is 0 Å². The maximum atomic E-state index is 12.9. The van der Waals surface area contributed by atoms with Gasteiger partial charge in [0.05, 0.1) is 6.20 Å².